The molecule has 0 saturated heterocycles. The minimum atomic E-state index is -1.03. The number of benzene rings is 1. The maximum atomic E-state index is 10.6. The standard InChI is InChI=1S/C14H17ClO4/c1-9(2)8-19-14-10(4-5-13(16)17)6-11(15)7-12(14)18-3/h4-7,9H,8H2,1-3H3,(H,16,17)/b5-4+. The van der Waals surface area contributed by atoms with Crippen LogP contribution >= 0.6 is 11.6 Å². The summed E-state index contributed by atoms with van der Waals surface area (Å²) in [7, 11) is 1.51. The molecule has 5 heteroatoms. The lowest BCUT2D eigenvalue weighted by molar-refractivity contribution is -0.131. The summed E-state index contributed by atoms with van der Waals surface area (Å²) in [4.78, 5) is 10.6. The average molecular weight is 285 g/mol. The molecule has 0 radical (unpaired) electrons. The SMILES string of the molecule is COc1cc(Cl)cc(/C=C/C(=O)O)c1OCC(C)C. The van der Waals surface area contributed by atoms with Crippen LogP contribution in [0, 0.1) is 5.92 Å². The fraction of sp³-hybridized carbons (Fsp3) is 0.357. The van der Waals surface area contributed by atoms with Crippen molar-refractivity contribution in [3.8, 4) is 11.5 Å². The first-order valence-electron chi connectivity index (χ1n) is 5.85. The molecule has 0 atom stereocenters. The van der Waals surface area contributed by atoms with E-state index in [1.165, 1.54) is 13.2 Å². The molecule has 0 saturated carbocycles. The first kappa shape index (κ1) is 15.4. The normalized spacial score (nSPS) is 11.0. The lowest BCUT2D eigenvalue weighted by Crippen LogP contribution is -2.06. The van der Waals surface area contributed by atoms with Crippen LogP contribution in [-0.2, 0) is 4.79 Å². The highest BCUT2D eigenvalue weighted by Crippen LogP contribution is 2.35. The molecule has 1 aromatic rings. The van der Waals surface area contributed by atoms with Crippen LogP contribution in [0.3, 0.4) is 0 Å². The third-order valence-electron chi connectivity index (χ3n) is 2.23. The van der Waals surface area contributed by atoms with Crippen molar-refractivity contribution in [2.75, 3.05) is 13.7 Å². The van der Waals surface area contributed by atoms with Gasteiger partial charge in [0.15, 0.2) is 11.5 Å². The third kappa shape index (κ3) is 4.83. The molecule has 0 aromatic heterocycles. The van der Waals surface area contributed by atoms with Gasteiger partial charge in [-0.1, -0.05) is 25.4 Å². The maximum absolute atomic E-state index is 10.6. The van der Waals surface area contributed by atoms with Gasteiger partial charge >= 0.3 is 5.97 Å². The minimum absolute atomic E-state index is 0.344. The minimum Gasteiger partial charge on any atom is -0.493 e. The molecule has 1 rings (SSSR count). The number of hydrogen-bond donors (Lipinski definition) is 1. The molecule has 0 amide bonds. The van der Waals surface area contributed by atoms with E-state index >= 15 is 0 Å². The number of hydrogen-bond acceptors (Lipinski definition) is 3. The Balaban J connectivity index is 3.16. The zero-order chi connectivity index (χ0) is 14.4. The van der Waals surface area contributed by atoms with E-state index in [0.717, 1.165) is 6.08 Å². The van der Waals surface area contributed by atoms with Gasteiger partial charge in [-0.15, -0.1) is 0 Å². The molecule has 4 nitrogen and oxygen atoms in total. The van der Waals surface area contributed by atoms with E-state index in [4.69, 9.17) is 26.2 Å². The van der Waals surface area contributed by atoms with Crippen molar-refractivity contribution in [2.45, 2.75) is 13.8 Å². The fourth-order valence-corrected chi connectivity index (χ4v) is 1.65. The fourth-order valence-electron chi connectivity index (χ4n) is 1.43. The second-order valence-corrected chi connectivity index (χ2v) is 4.84. The molecule has 19 heavy (non-hydrogen) atoms. The van der Waals surface area contributed by atoms with Gasteiger partial charge in [-0.3, -0.25) is 0 Å². The zero-order valence-corrected chi connectivity index (χ0v) is 11.9. The van der Waals surface area contributed by atoms with Gasteiger partial charge in [-0.2, -0.15) is 0 Å². The monoisotopic (exact) mass is 284 g/mol. The Kier molecular flexibility index (Phi) is 5.70. The molecule has 0 aliphatic rings. The van der Waals surface area contributed by atoms with Crippen LogP contribution in [0.5, 0.6) is 11.5 Å². The predicted molar refractivity (Wildman–Crippen MR) is 75.0 cm³/mol. The van der Waals surface area contributed by atoms with Gasteiger partial charge in [-0.05, 0) is 18.1 Å². The zero-order valence-electron chi connectivity index (χ0n) is 11.1. The van der Waals surface area contributed by atoms with Crippen molar-refractivity contribution in [1.29, 1.82) is 0 Å². The summed E-state index contributed by atoms with van der Waals surface area (Å²) < 4.78 is 10.9. The Morgan fingerprint density at radius 2 is 2.16 bits per heavy atom. The number of methoxy groups -OCH3 is 1. The molecule has 0 aliphatic carbocycles. The Morgan fingerprint density at radius 1 is 1.47 bits per heavy atom. The number of carboxylic acid groups (broad SMARTS) is 1. The maximum Gasteiger partial charge on any atom is 0.328 e. The highest BCUT2D eigenvalue weighted by molar-refractivity contribution is 6.31. The highest BCUT2D eigenvalue weighted by atomic mass is 35.5. The quantitative estimate of drug-likeness (QED) is 0.813. The first-order chi connectivity index (χ1) is 8.93. The number of rotatable bonds is 6. The molecule has 0 spiro atoms. The van der Waals surface area contributed by atoms with E-state index in [1.807, 2.05) is 13.8 Å². The molecule has 0 bridgehead atoms. The van der Waals surface area contributed by atoms with Crippen LogP contribution in [0.15, 0.2) is 18.2 Å². The van der Waals surface area contributed by atoms with Crippen LogP contribution in [0.2, 0.25) is 5.02 Å². The number of carbonyl (C=O) groups is 1. The van der Waals surface area contributed by atoms with Gasteiger partial charge in [0, 0.05) is 22.7 Å². The van der Waals surface area contributed by atoms with E-state index in [9.17, 15) is 4.79 Å². The van der Waals surface area contributed by atoms with E-state index in [1.54, 1.807) is 12.1 Å². The van der Waals surface area contributed by atoms with Crippen LogP contribution < -0.4 is 9.47 Å². The molecule has 1 N–H and O–H groups in total. The van der Waals surface area contributed by atoms with E-state index in [-0.39, 0.29) is 0 Å². The van der Waals surface area contributed by atoms with Gasteiger partial charge in [0.25, 0.3) is 0 Å². The summed E-state index contributed by atoms with van der Waals surface area (Å²) in [5, 5.41) is 9.14. The van der Waals surface area contributed by atoms with Crippen LogP contribution in [0.4, 0.5) is 0 Å². The van der Waals surface area contributed by atoms with Crippen LogP contribution in [0.1, 0.15) is 19.4 Å². The predicted octanol–water partition coefficient (Wildman–Crippen LogP) is 3.48. The number of aliphatic carboxylic acids is 1. The highest BCUT2D eigenvalue weighted by Gasteiger charge is 2.12. The smallest absolute Gasteiger partial charge is 0.328 e. The Morgan fingerprint density at radius 3 is 2.68 bits per heavy atom. The Bertz CT molecular complexity index is 481. The number of carboxylic acids is 1. The summed E-state index contributed by atoms with van der Waals surface area (Å²) in [6.45, 7) is 4.55. The third-order valence-corrected chi connectivity index (χ3v) is 2.45. The summed E-state index contributed by atoms with van der Waals surface area (Å²) in [6.07, 6.45) is 2.47. The van der Waals surface area contributed by atoms with Crippen molar-refractivity contribution in [2.24, 2.45) is 5.92 Å². The first-order valence-corrected chi connectivity index (χ1v) is 6.23. The summed E-state index contributed by atoms with van der Waals surface area (Å²) in [5.74, 6) is 0.293. The summed E-state index contributed by atoms with van der Waals surface area (Å²) in [5.41, 5.74) is 0.576. The van der Waals surface area contributed by atoms with Crippen molar-refractivity contribution in [1.82, 2.24) is 0 Å². The topological polar surface area (TPSA) is 55.8 Å². The van der Waals surface area contributed by atoms with Crippen molar-refractivity contribution in [3.63, 3.8) is 0 Å². The molecule has 104 valence electrons. The second kappa shape index (κ2) is 7.04. The molecular weight excluding hydrogens is 268 g/mol. The largest absolute Gasteiger partial charge is 0.493 e. The van der Waals surface area contributed by atoms with Gasteiger partial charge < -0.3 is 14.6 Å². The van der Waals surface area contributed by atoms with Gasteiger partial charge in [0.2, 0.25) is 0 Å². The molecule has 0 fully saturated rings. The molecule has 0 aliphatic heterocycles. The molecule has 0 unspecified atom stereocenters. The Labute approximate surface area is 117 Å². The average Bonchev–Trinajstić information content (AvgIpc) is 2.33. The van der Waals surface area contributed by atoms with E-state index < -0.39 is 5.97 Å². The molecule has 0 heterocycles. The summed E-state index contributed by atoms with van der Waals surface area (Å²) >= 11 is 5.96. The molecule has 1 aromatic carbocycles. The number of ether oxygens (including phenoxy) is 2. The second-order valence-electron chi connectivity index (χ2n) is 4.40. The van der Waals surface area contributed by atoms with Crippen molar-refractivity contribution < 1.29 is 19.4 Å². The number of halogens is 1. The summed E-state index contributed by atoms with van der Waals surface area (Å²) in [6, 6.07) is 3.27. The van der Waals surface area contributed by atoms with Crippen molar-refractivity contribution >= 4 is 23.6 Å². The lowest BCUT2D eigenvalue weighted by atomic mass is 10.1. The Hall–Kier alpha value is -1.68. The van der Waals surface area contributed by atoms with E-state index in [0.29, 0.717) is 34.6 Å². The van der Waals surface area contributed by atoms with E-state index in [2.05, 4.69) is 0 Å². The van der Waals surface area contributed by atoms with Crippen LogP contribution in [0.25, 0.3) is 6.08 Å². The lowest BCUT2D eigenvalue weighted by Gasteiger charge is -2.15. The van der Waals surface area contributed by atoms with Crippen molar-refractivity contribution in [3.05, 3.63) is 28.8 Å². The van der Waals surface area contributed by atoms with Gasteiger partial charge in [0.1, 0.15) is 0 Å². The van der Waals surface area contributed by atoms with Gasteiger partial charge in [0.05, 0.1) is 13.7 Å². The van der Waals surface area contributed by atoms with Gasteiger partial charge in [-0.25, -0.2) is 4.79 Å². The van der Waals surface area contributed by atoms with Crippen LogP contribution in [-0.4, -0.2) is 24.8 Å². The molecular formula is C14H17ClO4.